The number of rotatable bonds is 4. The minimum Gasteiger partial charge on any atom is -0.467 e. The largest absolute Gasteiger partial charge is 0.467 e. The molecule has 0 aliphatic carbocycles. The molecule has 0 spiro atoms. The first-order valence-electron chi connectivity index (χ1n) is 5.70. The maximum atomic E-state index is 5.38. The first-order chi connectivity index (χ1) is 7.70. The van der Waals surface area contributed by atoms with Gasteiger partial charge in [0.05, 0.1) is 17.3 Å². The summed E-state index contributed by atoms with van der Waals surface area (Å²) in [5.41, 5.74) is 0.372. The molecular formula is C12H18BrNO2. The average molecular weight is 288 g/mol. The smallest absolute Gasteiger partial charge is 0.131 e. The Balaban J connectivity index is 1.77. The first kappa shape index (κ1) is 12.1. The van der Waals surface area contributed by atoms with Gasteiger partial charge in [-0.1, -0.05) is 6.92 Å². The number of furan rings is 1. The second kappa shape index (κ2) is 5.34. The molecule has 1 saturated heterocycles. The molecule has 90 valence electrons. The Morgan fingerprint density at radius 1 is 1.44 bits per heavy atom. The van der Waals surface area contributed by atoms with Crippen molar-refractivity contribution in [2.45, 2.75) is 26.3 Å². The van der Waals surface area contributed by atoms with Gasteiger partial charge in [0.1, 0.15) is 5.76 Å². The average Bonchev–Trinajstić information content (AvgIpc) is 2.65. The van der Waals surface area contributed by atoms with E-state index in [-0.39, 0.29) is 0 Å². The molecule has 1 aliphatic heterocycles. The fourth-order valence-corrected chi connectivity index (χ4v) is 2.31. The Morgan fingerprint density at radius 2 is 2.19 bits per heavy atom. The minimum atomic E-state index is 0.372. The van der Waals surface area contributed by atoms with E-state index in [2.05, 4.69) is 28.2 Å². The monoisotopic (exact) mass is 287 g/mol. The van der Waals surface area contributed by atoms with Crippen LogP contribution in [0, 0.1) is 5.41 Å². The van der Waals surface area contributed by atoms with E-state index >= 15 is 0 Å². The summed E-state index contributed by atoms with van der Waals surface area (Å²) in [5.74, 6) is 0.968. The van der Waals surface area contributed by atoms with E-state index in [0.717, 1.165) is 49.4 Å². The van der Waals surface area contributed by atoms with Crippen LogP contribution in [0.3, 0.4) is 0 Å². The second-order valence-electron chi connectivity index (χ2n) is 4.72. The lowest BCUT2D eigenvalue weighted by molar-refractivity contribution is 0.0238. The van der Waals surface area contributed by atoms with Crippen molar-refractivity contribution in [1.82, 2.24) is 5.32 Å². The SMILES string of the molecule is CC1(CNCc2occc2Br)CCOCC1. The number of ether oxygens (including phenoxy) is 1. The molecule has 0 atom stereocenters. The Bertz CT molecular complexity index is 332. The van der Waals surface area contributed by atoms with Crippen LogP contribution in [0.25, 0.3) is 0 Å². The lowest BCUT2D eigenvalue weighted by atomic mass is 9.82. The van der Waals surface area contributed by atoms with Gasteiger partial charge in [0.15, 0.2) is 0 Å². The highest BCUT2D eigenvalue weighted by Gasteiger charge is 2.26. The second-order valence-corrected chi connectivity index (χ2v) is 5.57. The van der Waals surface area contributed by atoms with Crippen molar-refractivity contribution in [2.75, 3.05) is 19.8 Å². The molecule has 16 heavy (non-hydrogen) atoms. The molecule has 2 rings (SSSR count). The predicted molar refractivity (Wildman–Crippen MR) is 66.3 cm³/mol. The van der Waals surface area contributed by atoms with E-state index in [1.54, 1.807) is 6.26 Å². The van der Waals surface area contributed by atoms with Gasteiger partial charge in [-0.05, 0) is 40.3 Å². The van der Waals surface area contributed by atoms with Gasteiger partial charge in [0.2, 0.25) is 0 Å². The molecule has 0 unspecified atom stereocenters. The molecule has 1 aliphatic rings. The summed E-state index contributed by atoms with van der Waals surface area (Å²) < 4.78 is 11.8. The summed E-state index contributed by atoms with van der Waals surface area (Å²) in [7, 11) is 0. The Labute approximate surface area is 105 Å². The third-order valence-electron chi connectivity index (χ3n) is 3.23. The van der Waals surface area contributed by atoms with Gasteiger partial charge in [-0.3, -0.25) is 0 Å². The van der Waals surface area contributed by atoms with Crippen molar-refractivity contribution in [1.29, 1.82) is 0 Å². The summed E-state index contributed by atoms with van der Waals surface area (Å²) in [4.78, 5) is 0. The highest BCUT2D eigenvalue weighted by Crippen LogP contribution is 2.28. The van der Waals surface area contributed by atoms with Crippen molar-refractivity contribution < 1.29 is 9.15 Å². The lowest BCUT2D eigenvalue weighted by Gasteiger charge is -2.33. The molecule has 1 fully saturated rings. The molecule has 2 heterocycles. The zero-order valence-electron chi connectivity index (χ0n) is 9.59. The zero-order chi connectivity index (χ0) is 11.4. The summed E-state index contributed by atoms with van der Waals surface area (Å²) in [5, 5.41) is 3.46. The van der Waals surface area contributed by atoms with Crippen molar-refractivity contribution in [2.24, 2.45) is 5.41 Å². The first-order valence-corrected chi connectivity index (χ1v) is 6.49. The molecule has 3 nitrogen and oxygen atoms in total. The maximum absolute atomic E-state index is 5.38. The van der Waals surface area contributed by atoms with Crippen LogP contribution in [0.2, 0.25) is 0 Å². The lowest BCUT2D eigenvalue weighted by Crippen LogP contribution is -2.36. The quantitative estimate of drug-likeness (QED) is 0.925. The van der Waals surface area contributed by atoms with E-state index in [9.17, 15) is 0 Å². The van der Waals surface area contributed by atoms with Crippen LogP contribution in [0.1, 0.15) is 25.5 Å². The summed E-state index contributed by atoms with van der Waals surface area (Å²) >= 11 is 3.45. The molecule has 0 radical (unpaired) electrons. The topological polar surface area (TPSA) is 34.4 Å². The van der Waals surface area contributed by atoms with Gasteiger partial charge < -0.3 is 14.5 Å². The van der Waals surface area contributed by atoms with Gasteiger partial charge in [0.25, 0.3) is 0 Å². The van der Waals surface area contributed by atoms with Gasteiger partial charge in [-0.15, -0.1) is 0 Å². The highest BCUT2D eigenvalue weighted by molar-refractivity contribution is 9.10. The maximum Gasteiger partial charge on any atom is 0.131 e. The molecule has 0 saturated carbocycles. The Kier molecular flexibility index (Phi) is 4.05. The van der Waals surface area contributed by atoms with Gasteiger partial charge >= 0.3 is 0 Å². The number of halogens is 1. The Hall–Kier alpha value is -0.320. The van der Waals surface area contributed by atoms with E-state index in [0.29, 0.717) is 5.41 Å². The number of hydrogen-bond donors (Lipinski definition) is 1. The van der Waals surface area contributed by atoms with E-state index in [1.165, 1.54) is 0 Å². The van der Waals surface area contributed by atoms with Gasteiger partial charge in [-0.2, -0.15) is 0 Å². The molecule has 0 bridgehead atoms. The van der Waals surface area contributed by atoms with Crippen molar-refractivity contribution in [3.05, 3.63) is 22.6 Å². The van der Waals surface area contributed by atoms with Gasteiger partial charge in [0, 0.05) is 19.8 Å². The van der Waals surface area contributed by atoms with Crippen LogP contribution in [-0.4, -0.2) is 19.8 Å². The van der Waals surface area contributed by atoms with Crippen molar-refractivity contribution >= 4 is 15.9 Å². The van der Waals surface area contributed by atoms with Crippen LogP contribution >= 0.6 is 15.9 Å². The Morgan fingerprint density at radius 3 is 2.81 bits per heavy atom. The molecule has 1 N–H and O–H groups in total. The fourth-order valence-electron chi connectivity index (χ4n) is 1.97. The number of hydrogen-bond acceptors (Lipinski definition) is 3. The standard InChI is InChI=1S/C12H18BrNO2/c1-12(3-6-15-7-4-12)9-14-8-11-10(13)2-5-16-11/h2,5,14H,3-4,6-9H2,1H3. The molecule has 0 aromatic carbocycles. The van der Waals surface area contributed by atoms with Crippen molar-refractivity contribution in [3.8, 4) is 0 Å². The third kappa shape index (κ3) is 3.09. The molecule has 4 heteroatoms. The predicted octanol–water partition coefficient (Wildman–Crippen LogP) is 2.95. The van der Waals surface area contributed by atoms with Gasteiger partial charge in [-0.25, -0.2) is 0 Å². The van der Waals surface area contributed by atoms with Crippen LogP contribution in [0.15, 0.2) is 21.2 Å². The minimum absolute atomic E-state index is 0.372. The van der Waals surface area contributed by atoms with Crippen LogP contribution in [0.5, 0.6) is 0 Å². The summed E-state index contributed by atoms with van der Waals surface area (Å²) in [6, 6.07) is 1.92. The normalized spacial score (nSPS) is 19.9. The van der Waals surface area contributed by atoms with E-state index in [1.807, 2.05) is 6.07 Å². The molecule has 1 aromatic rings. The molecule has 0 amide bonds. The van der Waals surface area contributed by atoms with E-state index in [4.69, 9.17) is 9.15 Å². The van der Waals surface area contributed by atoms with E-state index < -0.39 is 0 Å². The van der Waals surface area contributed by atoms with Crippen molar-refractivity contribution in [3.63, 3.8) is 0 Å². The highest BCUT2D eigenvalue weighted by atomic mass is 79.9. The fraction of sp³-hybridized carbons (Fsp3) is 0.667. The van der Waals surface area contributed by atoms with Crippen LogP contribution in [0.4, 0.5) is 0 Å². The van der Waals surface area contributed by atoms with Crippen LogP contribution in [-0.2, 0) is 11.3 Å². The van der Waals surface area contributed by atoms with Crippen LogP contribution < -0.4 is 5.32 Å². The third-order valence-corrected chi connectivity index (χ3v) is 3.93. The summed E-state index contributed by atoms with van der Waals surface area (Å²) in [6.07, 6.45) is 3.98. The molecule has 1 aromatic heterocycles. The zero-order valence-corrected chi connectivity index (χ0v) is 11.2. The number of nitrogens with one attached hydrogen (secondary N) is 1. The summed E-state index contributed by atoms with van der Waals surface area (Å²) in [6.45, 7) is 5.90. The molecular weight excluding hydrogens is 270 g/mol.